The lowest BCUT2D eigenvalue weighted by Gasteiger charge is -2.15. The first-order valence-electron chi connectivity index (χ1n) is 7.70. The smallest absolute Gasteiger partial charge is 0.305 e. The lowest BCUT2D eigenvalue weighted by Crippen LogP contribution is -2.19. The molecule has 0 unspecified atom stereocenters. The van der Waals surface area contributed by atoms with Crippen LogP contribution in [0.15, 0.2) is 24.3 Å². The zero-order valence-corrected chi connectivity index (χ0v) is 13.4. The van der Waals surface area contributed by atoms with Crippen LogP contribution in [-0.4, -0.2) is 26.2 Å². The van der Waals surface area contributed by atoms with Crippen molar-refractivity contribution < 1.29 is 14.3 Å². The van der Waals surface area contributed by atoms with E-state index in [-0.39, 0.29) is 5.97 Å². The van der Waals surface area contributed by atoms with E-state index in [0.717, 1.165) is 31.6 Å². The van der Waals surface area contributed by atoms with Crippen LogP contribution in [0.25, 0.3) is 0 Å². The molecule has 0 aliphatic carbocycles. The van der Waals surface area contributed by atoms with Crippen molar-refractivity contribution in [2.24, 2.45) is 0 Å². The number of nitrogens with one attached hydrogen (secondary N) is 1. The molecule has 0 heterocycles. The molecule has 118 valence electrons. The second kappa shape index (κ2) is 10.2. The van der Waals surface area contributed by atoms with Crippen LogP contribution in [0, 0.1) is 0 Å². The number of unbranched alkanes of at least 4 members (excludes halogenated alkanes) is 2. The fraction of sp³-hybridized carbons (Fsp3) is 0.588. The molecular formula is C17H27NO3. The molecule has 1 aromatic rings. The fourth-order valence-corrected chi connectivity index (χ4v) is 2.15. The normalized spacial score (nSPS) is 12.0. The van der Waals surface area contributed by atoms with E-state index < -0.39 is 0 Å². The maximum absolute atomic E-state index is 11.2. The first-order valence-corrected chi connectivity index (χ1v) is 7.70. The molecule has 1 rings (SSSR count). The minimum Gasteiger partial charge on any atom is -0.497 e. The van der Waals surface area contributed by atoms with E-state index in [1.165, 1.54) is 5.56 Å². The minimum atomic E-state index is -0.0878. The van der Waals surface area contributed by atoms with Gasteiger partial charge in [-0.2, -0.15) is 0 Å². The Morgan fingerprint density at radius 3 is 2.81 bits per heavy atom. The molecule has 4 nitrogen and oxygen atoms in total. The number of rotatable bonds is 10. The summed E-state index contributed by atoms with van der Waals surface area (Å²) in [5, 5.41) is 3.49. The van der Waals surface area contributed by atoms with Gasteiger partial charge < -0.3 is 14.8 Å². The van der Waals surface area contributed by atoms with Crippen molar-refractivity contribution in [2.75, 3.05) is 20.3 Å². The monoisotopic (exact) mass is 293 g/mol. The van der Waals surface area contributed by atoms with Gasteiger partial charge in [0.2, 0.25) is 0 Å². The molecule has 0 amide bonds. The van der Waals surface area contributed by atoms with Gasteiger partial charge in [-0.05, 0) is 50.9 Å². The van der Waals surface area contributed by atoms with Crippen LogP contribution in [0.5, 0.6) is 5.75 Å². The van der Waals surface area contributed by atoms with Gasteiger partial charge >= 0.3 is 5.97 Å². The first kappa shape index (κ1) is 17.5. The summed E-state index contributed by atoms with van der Waals surface area (Å²) in [4.78, 5) is 11.2. The number of hydrogen-bond acceptors (Lipinski definition) is 4. The second-order valence-corrected chi connectivity index (χ2v) is 5.07. The molecule has 1 atom stereocenters. The van der Waals surface area contributed by atoms with E-state index in [1.54, 1.807) is 7.11 Å². The lowest BCUT2D eigenvalue weighted by molar-refractivity contribution is -0.143. The zero-order valence-electron chi connectivity index (χ0n) is 13.4. The predicted octanol–water partition coefficient (Wildman–Crippen LogP) is 3.47. The SMILES string of the molecule is CCOC(=O)CCCCCN[C@@H](C)c1cccc(OC)c1. The Bertz CT molecular complexity index is 420. The summed E-state index contributed by atoms with van der Waals surface area (Å²) in [6, 6.07) is 8.40. The van der Waals surface area contributed by atoms with Crippen LogP contribution in [0.2, 0.25) is 0 Å². The van der Waals surface area contributed by atoms with Gasteiger partial charge in [0.15, 0.2) is 0 Å². The van der Waals surface area contributed by atoms with Gasteiger partial charge in [-0.15, -0.1) is 0 Å². The van der Waals surface area contributed by atoms with Crippen LogP contribution >= 0.6 is 0 Å². The molecule has 0 aliphatic rings. The molecular weight excluding hydrogens is 266 g/mol. The third kappa shape index (κ3) is 7.14. The van der Waals surface area contributed by atoms with Gasteiger partial charge in [-0.3, -0.25) is 4.79 Å². The molecule has 0 bridgehead atoms. The zero-order chi connectivity index (χ0) is 15.5. The van der Waals surface area contributed by atoms with Crippen molar-refractivity contribution in [3.63, 3.8) is 0 Å². The summed E-state index contributed by atoms with van der Waals surface area (Å²) < 4.78 is 10.1. The predicted molar refractivity (Wildman–Crippen MR) is 84.5 cm³/mol. The highest BCUT2D eigenvalue weighted by atomic mass is 16.5. The Morgan fingerprint density at radius 2 is 2.10 bits per heavy atom. The molecule has 1 N–H and O–H groups in total. The number of carbonyl (C=O) groups is 1. The first-order chi connectivity index (χ1) is 10.2. The van der Waals surface area contributed by atoms with Crippen molar-refractivity contribution in [2.45, 2.75) is 45.6 Å². The molecule has 4 heteroatoms. The average molecular weight is 293 g/mol. The van der Waals surface area contributed by atoms with Crippen LogP contribution in [-0.2, 0) is 9.53 Å². The largest absolute Gasteiger partial charge is 0.497 e. The van der Waals surface area contributed by atoms with Gasteiger partial charge in [0.25, 0.3) is 0 Å². The molecule has 0 spiro atoms. The second-order valence-electron chi connectivity index (χ2n) is 5.07. The summed E-state index contributed by atoms with van der Waals surface area (Å²) >= 11 is 0. The van der Waals surface area contributed by atoms with E-state index in [2.05, 4.69) is 24.4 Å². The maximum Gasteiger partial charge on any atom is 0.305 e. The standard InChI is InChI=1S/C17H27NO3/c1-4-21-17(19)11-6-5-7-12-18-14(2)15-9-8-10-16(13-15)20-3/h8-10,13-14,18H,4-7,11-12H2,1-3H3/t14-/m0/s1. The van der Waals surface area contributed by atoms with Gasteiger partial charge in [-0.25, -0.2) is 0 Å². The number of carbonyl (C=O) groups excluding carboxylic acids is 1. The summed E-state index contributed by atoms with van der Waals surface area (Å²) in [5.74, 6) is 0.797. The molecule has 0 aliphatic heterocycles. The third-order valence-corrected chi connectivity index (χ3v) is 3.41. The van der Waals surface area contributed by atoms with Gasteiger partial charge in [0.1, 0.15) is 5.75 Å². The Hall–Kier alpha value is -1.55. The van der Waals surface area contributed by atoms with Crippen molar-refractivity contribution in [3.8, 4) is 5.75 Å². The molecule has 1 aromatic carbocycles. The summed E-state index contributed by atoms with van der Waals surface area (Å²) in [6.07, 6.45) is 3.53. The van der Waals surface area contributed by atoms with E-state index >= 15 is 0 Å². The lowest BCUT2D eigenvalue weighted by atomic mass is 10.1. The number of methoxy groups -OCH3 is 1. The van der Waals surface area contributed by atoms with Crippen molar-refractivity contribution in [1.29, 1.82) is 0 Å². The molecule has 0 saturated heterocycles. The summed E-state index contributed by atoms with van der Waals surface area (Å²) in [7, 11) is 1.68. The Balaban J connectivity index is 2.16. The molecule has 0 radical (unpaired) electrons. The molecule has 0 aromatic heterocycles. The molecule has 0 saturated carbocycles. The average Bonchev–Trinajstić information content (AvgIpc) is 2.50. The highest BCUT2D eigenvalue weighted by molar-refractivity contribution is 5.69. The maximum atomic E-state index is 11.2. The van der Waals surface area contributed by atoms with Gasteiger partial charge in [-0.1, -0.05) is 18.6 Å². The van der Waals surface area contributed by atoms with E-state index in [9.17, 15) is 4.79 Å². The van der Waals surface area contributed by atoms with Crippen LogP contribution in [0.4, 0.5) is 0 Å². The Kier molecular flexibility index (Phi) is 8.51. The number of benzene rings is 1. The number of ether oxygens (including phenoxy) is 2. The topological polar surface area (TPSA) is 47.6 Å². The van der Waals surface area contributed by atoms with E-state index in [0.29, 0.717) is 19.1 Å². The Morgan fingerprint density at radius 1 is 1.29 bits per heavy atom. The summed E-state index contributed by atoms with van der Waals surface area (Å²) in [5.41, 5.74) is 1.22. The highest BCUT2D eigenvalue weighted by Gasteiger charge is 2.05. The molecule has 21 heavy (non-hydrogen) atoms. The quantitative estimate of drug-likeness (QED) is 0.530. The minimum absolute atomic E-state index is 0.0878. The van der Waals surface area contributed by atoms with Crippen molar-refractivity contribution in [1.82, 2.24) is 5.32 Å². The van der Waals surface area contributed by atoms with E-state index in [4.69, 9.17) is 9.47 Å². The third-order valence-electron chi connectivity index (χ3n) is 3.41. The number of hydrogen-bond donors (Lipinski definition) is 1. The van der Waals surface area contributed by atoms with Crippen LogP contribution < -0.4 is 10.1 Å². The molecule has 0 fully saturated rings. The number of esters is 1. The van der Waals surface area contributed by atoms with Crippen LogP contribution in [0.1, 0.15) is 51.1 Å². The van der Waals surface area contributed by atoms with E-state index in [1.807, 2.05) is 19.1 Å². The van der Waals surface area contributed by atoms with Gasteiger partial charge in [0.05, 0.1) is 13.7 Å². The summed E-state index contributed by atoms with van der Waals surface area (Å²) in [6.45, 7) is 5.40. The Labute approximate surface area is 127 Å². The fourth-order valence-electron chi connectivity index (χ4n) is 2.15. The highest BCUT2D eigenvalue weighted by Crippen LogP contribution is 2.18. The van der Waals surface area contributed by atoms with Gasteiger partial charge in [0, 0.05) is 12.5 Å². The van der Waals surface area contributed by atoms with Crippen LogP contribution in [0.3, 0.4) is 0 Å². The van der Waals surface area contributed by atoms with Crippen molar-refractivity contribution >= 4 is 5.97 Å². The van der Waals surface area contributed by atoms with Crippen molar-refractivity contribution in [3.05, 3.63) is 29.8 Å².